The van der Waals surface area contributed by atoms with Crippen molar-refractivity contribution < 1.29 is 9.59 Å². The Morgan fingerprint density at radius 3 is 2.36 bits per heavy atom. The number of nitrogens with zero attached hydrogens (tertiary/aromatic N) is 5. The fourth-order valence-corrected chi connectivity index (χ4v) is 4.80. The molecule has 2 aromatic carbocycles. The molecule has 1 aliphatic heterocycles. The molecule has 12 heteroatoms. The summed E-state index contributed by atoms with van der Waals surface area (Å²) in [6, 6.07) is 14.9. The Labute approximate surface area is 236 Å². The van der Waals surface area contributed by atoms with E-state index >= 15 is 0 Å². The summed E-state index contributed by atoms with van der Waals surface area (Å²) >= 11 is 12.0. The molecule has 0 radical (unpaired) electrons. The van der Waals surface area contributed by atoms with Crippen molar-refractivity contribution in [3.05, 3.63) is 93.2 Å². The third-order valence-electron chi connectivity index (χ3n) is 6.54. The van der Waals surface area contributed by atoms with Crippen LogP contribution in [0.5, 0.6) is 0 Å². The van der Waals surface area contributed by atoms with Gasteiger partial charge in [0, 0.05) is 56.2 Å². The molecule has 2 heterocycles. The first kappa shape index (κ1) is 28.2. The summed E-state index contributed by atoms with van der Waals surface area (Å²) in [5.41, 5.74) is 7.30. The van der Waals surface area contributed by atoms with Crippen molar-refractivity contribution in [2.75, 3.05) is 31.2 Å². The van der Waals surface area contributed by atoms with Gasteiger partial charge in [0.2, 0.25) is 11.8 Å². The quantitative estimate of drug-likeness (QED) is 0.254. The SMILES string of the molecule is CC(=O)N1CCN(C(=O)C(Cc2ccccc2)n2cnc(-c3cc(Cl)ccc3N(N)/C=C(\N)Cl)cc2=O)CC1. The maximum absolute atomic E-state index is 13.7. The van der Waals surface area contributed by atoms with E-state index in [9.17, 15) is 14.4 Å². The number of hydrazine groups is 1. The number of aromatic nitrogens is 2. The Morgan fingerprint density at radius 1 is 1.08 bits per heavy atom. The predicted molar refractivity (Wildman–Crippen MR) is 152 cm³/mol. The second kappa shape index (κ2) is 12.3. The van der Waals surface area contributed by atoms with E-state index < -0.39 is 11.6 Å². The molecule has 1 unspecified atom stereocenters. The molecule has 2 amide bonds. The Hall–Kier alpha value is -3.86. The first-order valence-corrected chi connectivity index (χ1v) is 13.0. The molecule has 1 atom stereocenters. The lowest BCUT2D eigenvalue weighted by Gasteiger charge is -2.36. The molecule has 1 fully saturated rings. The Morgan fingerprint density at radius 2 is 1.74 bits per heavy atom. The molecule has 0 aliphatic carbocycles. The van der Waals surface area contributed by atoms with Crippen molar-refractivity contribution in [3.8, 4) is 11.3 Å². The van der Waals surface area contributed by atoms with Gasteiger partial charge in [-0.2, -0.15) is 0 Å². The van der Waals surface area contributed by atoms with Crippen molar-refractivity contribution in [2.45, 2.75) is 19.4 Å². The maximum Gasteiger partial charge on any atom is 0.254 e. The zero-order valence-electron chi connectivity index (χ0n) is 21.3. The summed E-state index contributed by atoms with van der Waals surface area (Å²) in [5.74, 6) is 5.86. The number of hydrogen-bond donors (Lipinski definition) is 2. The number of anilines is 1. The van der Waals surface area contributed by atoms with E-state index in [2.05, 4.69) is 4.98 Å². The summed E-state index contributed by atoms with van der Waals surface area (Å²) in [7, 11) is 0. The highest BCUT2D eigenvalue weighted by Crippen LogP contribution is 2.31. The Bertz CT molecular complexity index is 1430. The topological polar surface area (TPSA) is 131 Å². The van der Waals surface area contributed by atoms with Gasteiger partial charge in [-0.25, -0.2) is 10.8 Å². The highest BCUT2D eigenvalue weighted by molar-refractivity contribution is 6.31. The zero-order chi connectivity index (χ0) is 28.1. The fourth-order valence-electron chi connectivity index (χ4n) is 4.53. The molecule has 1 saturated heterocycles. The third kappa shape index (κ3) is 6.78. The summed E-state index contributed by atoms with van der Waals surface area (Å²) in [4.78, 5) is 46.9. The van der Waals surface area contributed by atoms with Crippen LogP contribution in [0.15, 0.2) is 77.1 Å². The lowest BCUT2D eigenvalue weighted by atomic mass is 10.0. The van der Waals surface area contributed by atoms with Crippen molar-refractivity contribution in [1.29, 1.82) is 0 Å². The van der Waals surface area contributed by atoms with Crippen molar-refractivity contribution in [1.82, 2.24) is 19.4 Å². The zero-order valence-corrected chi connectivity index (χ0v) is 22.8. The van der Waals surface area contributed by atoms with Gasteiger partial charge in [0.15, 0.2) is 0 Å². The van der Waals surface area contributed by atoms with Crippen LogP contribution in [0.25, 0.3) is 11.3 Å². The number of hydrogen-bond acceptors (Lipinski definition) is 7. The van der Waals surface area contributed by atoms with E-state index in [0.717, 1.165) is 5.56 Å². The standard InChI is InChI=1S/C27H29Cl2N7O3/c1-18(37)33-9-11-34(12-10-33)27(39)24(13-19-5-3-2-4-6-19)35-17-32-22(15-26(35)38)21-14-20(28)7-8-23(21)36(31)16-25(29)30/h2-8,14-17,24H,9-13,30-31H2,1H3/b25-16-. The van der Waals surface area contributed by atoms with E-state index in [1.165, 1.54) is 35.1 Å². The lowest BCUT2D eigenvalue weighted by Crippen LogP contribution is -2.52. The number of amides is 2. The van der Waals surface area contributed by atoms with Crippen LogP contribution in [0.1, 0.15) is 18.5 Å². The van der Waals surface area contributed by atoms with Crippen LogP contribution in [-0.4, -0.2) is 57.3 Å². The van der Waals surface area contributed by atoms with Crippen LogP contribution in [0.4, 0.5) is 5.69 Å². The van der Waals surface area contributed by atoms with Crippen LogP contribution in [0, 0.1) is 0 Å². The van der Waals surface area contributed by atoms with Gasteiger partial charge >= 0.3 is 0 Å². The highest BCUT2D eigenvalue weighted by Gasteiger charge is 2.30. The molecule has 1 aliphatic rings. The van der Waals surface area contributed by atoms with Gasteiger partial charge in [0.1, 0.15) is 11.2 Å². The first-order valence-electron chi connectivity index (χ1n) is 12.3. The molecular formula is C27H29Cl2N7O3. The molecule has 4 rings (SSSR count). The largest absolute Gasteiger partial charge is 0.388 e. The molecule has 204 valence electrons. The minimum Gasteiger partial charge on any atom is -0.388 e. The number of piperazine rings is 1. The maximum atomic E-state index is 13.7. The monoisotopic (exact) mass is 569 g/mol. The van der Waals surface area contributed by atoms with Gasteiger partial charge in [-0.15, -0.1) is 0 Å². The second-order valence-corrected chi connectivity index (χ2v) is 10.0. The fraction of sp³-hybridized carbons (Fsp3) is 0.259. The summed E-state index contributed by atoms with van der Waals surface area (Å²) in [5, 5.41) is 1.59. The molecule has 0 bridgehead atoms. The Balaban J connectivity index is 1.70. The average molecular weight is 570 g/mol. The number of benzene rings is 2. The minimum atomic E-state index is -0.825. The van der Waals surface area contributed by atoms with Gasteiger partial charge in [-0.05, 0) is 23.8 Å². The van der Waals surface area contributed by atoms with Gasteiger partial charge in [-0.3, -0.25) is 24.0 Å². The van der Waals surface area contributed by atoms with E-state index in [4.69, 9.17) is 34.8 Å². The predicted octanol–water partition coefficient (Wildman–Crippen LogP) is 2.71. The van der Waals surface area contributed by atoms with Gasteiger partial charge in [-0.1, -0.05) is 53.5 Å². The number of carbonyl (C=O) groups is 2. The minimum absolute atomic E-state index is 0.0282. The summed E-state index contributed by atoms with van der Waals surface area (Å²) in [6.07, 6.45) is 2.98. The molecule has 10 nitrogen and oxygen atoms in total. The summed E-state index contributed by atoms with van der Waals surface area (Å²) in [6.45, 7) is 3.18. The number of halogens is 2. The van der Waals surface area contributed by atoms with Crippen LogP contribution in [0.2, 0.25) is 5.02 Å². The molecule has 3 aromatic rings. The third-order valence-corrected chi connectivity index (χ3v) is 6.87. The van der Waals surface area contributed by atoms with Crippen LogP contribution >= 0.6 is 23.2 Å². The van der Waals surface area contributed by atoms with E-state index in [1.54, 1.807) is 28.0 Å². The normalized spacial score (nSPS) is 14.7. The van der Waals surface area contributed by atoms with E-state index in [0.29, 0.717) is 54.6 Å². The van der Waals surface area contributed by atoms with Crippen molar-refractivity contribution in [3.63, 3.8) is 0 Å². The molecule has 4 N–H and O–H groups in total. The Kier molecular flexibility index (Phi) is 8.90. The van der Waals surface area contributed by atoms with Crippen LogP contribution < -0.4 is 22.1 Å². The first-order chi connectivity index (χ1) is 18.6. The van der Waals surface area contributed by atoms with Gasteiger partial charge < -0.3 is 15.5 Å². The molecule has 0 spiro atoms. The van der Waals surface area contributed by atoms with Gasteiger partial charge in [0.05, 0.1) is 23.9 Å². The molecule has 1 aromatic heterocycles. The summed E-state index contributed by atoms with van der Waals surface area (Å²) < 4.78 is 1.34. The van der Waals surface area contributed by atoms with Crippen LogP contribution in [-0.2, 0) is 16.0 Å². The number of nitrogens with two attached hydrogens (primary N) is 2. The second-order valence-electron chi connectivity index (χ2n) is 9.14. The smallest absolute Gasteiger partial charge is 0.254 e. The highest BCUT2D eigenvalue weighted by atomic mass is 35.5. The molecular weight excluding hydrogens is 541 g/mol. The van der Waals surface area contributed by atoms with Gasteiger partial charge in [0.25, 0.3) is 5.56 Å². The lowest BCUT2D eigenvalue weighted by molar-refractivity contribution is -0.140. The van der Waals surface area contributed by atoms with E-state index in [-0.39, 0.29) is 17.0 Å². The number of carbonyl (C=O) groups excluding carboxylic acids is 2. The van der Waals surface area contributed by atoms with Crippen molar-refractivity contribution in [2.24, 2.45) is 11.6 Å². The van der Waals surface area contributed by atoms with E-state index in [1.807, 2.05) is 30.3 Å². The molecule has 0 saturated carbocycles. The average Bonchev–Trinajstić information content (AvgIpc) is 2.91. The molecule has 39 heavy (non-hydrogen) atoms. The van der Waals surface area contributed by atoms with Crippen LogP contribution in [0.3, 0.4) is 0 Å². The number of rotatable bonds is 7. The van der Waals surface area contributed by atoms with Crippen molar-refractivity contribution >= 4 is 40.7 Å².